The number of aryl methyl sites for hydroxylation is 2. The molecule has 2 unspecified atom stereocenters. The zero-order valence-electron chi connectivity index (χ0n) is 32.1. The van der Waals surface area contributed by atoms with E-state index < -0.39 is 5.91 Å². The van der Waals surface area contributed by atoms with E-state index in [1.165, 1.54) is 57.7 Å². The number of hydroxylamine groups is 1. The van der Waals surface area contributed by atoms with Gasteiger partial charge in [0.2, 0.25) is 5.91 Å². The van der Waals surface area contributed by atoms with Crippen molar-refractivity contribution in [3.05, 3.63) is 128 Å². The zero-order valence-corrected chi connectivity index (χ0v) is 32.1. The molecule has 2 aliphatic carbocycles. The summed E-state index contributed by atoms with van der Waals surface area (Å²) in [4.78, 5) is 57.1. The Morgan fingerprint density at radius 1 is 0.889 bits per heavy atom. The van der Waals surface area contributed by atoms with E-state index in [0.29, 0.717) is 43.6 Å². The molecular formula is C44H53N5O5. The molecule has 0 aromatic heterocycles. The summed E-state index contributed by atoms with van der Waals surface area (Å²) in [5.74, 6) is -1.02. The number of amides is 4. The van der Waals surface area contributed by atoms with Crippen LogP contribution in [0.5, 0.6) is 0 Å². The highest BCUT2D eigenvalue weighted by molar-refractivity contribution is 6.09. The molecule has 2 atom stereocenters. The van der Waals surface area contributed by atoms with Crippen molar-refractivity contribution in [1.29, 1.82) is 0 Å². The van der Waals surface area contributed by atoms with Crippen LogP contribution in [0.15, 0.2) is 89.0 Å². The van der Waals surface area contributed by atoms with Gasteiger partial charge in [-0.25, -0.2) is 5.48 Å². The van der Waals surface area contributed by atoms with Crippen molar-refractivity contribution in [2.75, 3.05) is 33.2 Å². The molecule has 54 heavy (non-hydrogen) atoms. The SMILES string of the molecule is CCCc1cc2c(cc1C)C(c1ccccc1C(=O)N(C)CCCC(=O)NCCCNC(=O)c1ccc(C(=O)NO)cc1)C1C=C(C)C(=NCC)C=C1C2. The van der Waals surface area contributed by atoms with Crippen LogP contribution in [-0.4, -0.2) is 72.7 Å². The minimum Gasteiger partial charge on any atom is -0.356 e. The van der Waals surface area contributed by atoms with Gasteiger partial charge in [0.1, 0.15) is 0 Å². The summed E-state index contributed by atoms with van der Waals surface area (Å²) in [6.45, 7) is 10.5. The van der Waals surface area contributed by atoms with Crippen molar-refractivity contribution in [1.82, 2.24) is 21.0 Å². The topological polar surface area (TPSA) is 140 Å². The van der Waals surface area contributed by atoms with Crippen molar-refractivity contribution in [3.63, 3.8) is 0 Å². The number of benzene rings is 3. The average Bonchev–Trinajstić information content (AvgIpc) is 3.17. The number of carbonyl (C=O) groups excluding carboxylic acids is 4. The molecule has 2 aliphatic rings. The highest BCUT2D eigenvalue weighted by Crippen LogP contribution is 2.48. The second kappa shape index (κ2) is 18.6. The molecule has 3 aromatic rings. The molecule has 0 spiro atoms. The Labute approximate surface area is 318 Å². The first kappa shape index (κ1) is 39.8. The Balaban J connectivity index is 1.19. The molecule has 0 saturated heterocycles. The van der Waals surface area contributed by atoms with Crippen molar-refractivity contribution < 1.29 is 24.4 Å². The normalized spacial score (nSPS) is 16.7. The van der Waals surface area contributed by atoms with Crippen LogP contribution >= 0.6 is 0 Å². The van der Waals surface area contributed by atoms with Crippen LogP contribution in [0.1, 0.15) is 111 Å². The third kappa shape index (κ3) is 9.41. The van der Waals surface area contributed by atoms with Gasteiger partial charge in [-0.15, -0.1) is 0 Å². The predicted octanol–water partition coefficient (Wildman–Crippen LogP) is 6.51. The van der Waals surface area contributed by atoms with Crippen LogP contribution in [0.3, 0.4) is 0 Å². The van der Waals surface area contributed by atoms with Gasteiger partial charge in [0.05, 0.1) is 5.71 Å². The Kier molecular flexibility index (Phi) is 13.7. The lowest BCUT2D eigenvalue weighted by Gasteiger charge is -2.38. The number of rotatable bonds is 15. The largest absolute Gasteiger partial charge is 0.356 e. The van der Waals surface area contributed by atoms with E-state index >= 15 is 0 Å². The summed E-state index contributed by atoms with van der Waals surface area (Å²) >= 11 is 0. The summed E-state index contributed by atoms with van der Waals surface area (Å²) in [5, 5.41) is 14.4. The van der Waals surface area contributed by atoms with Crippen molar-refractivity contribution in [2.45, 2.75) is 72.1 Å². The predicted molar refractivity (Wildman–Crippen MR) is 212 cm³/mol. The van der Waals surface area contributed by atoms with E-state index in [2.05, 4.69) is 68.7 Å². The summed E-state index contributed by atoms with van der Waals surface area (Å²) in [6, 6.07) is 18.6. The molecule has 4 N–H and O–H groups in total. The van der Waals surface area contributed by atoms with E-state index in [1.54, 1.807) is 17.4 Å². The number of nitrogens with zero attached hydrogens (tertiary/aromatic N) is 2. The van der Waals surface area contributed by atoms with Gasteiger partial charge in [-0.1, -0.05) is 55.3 Å². The number of fused-ring (bicyclic) bond motifs is 2. The van der Waals surface area contributed by atoms with Crippen LogP contribution in [0.25, 0.3) is 0 Å². The second-order valence-electron chi connectivity index (χ2n) is 14.2. The summed E-state index contributed by atoms with van der Waals surface area (Å²) in [5.41, 5.74) is 12.7. The van der Waals surface area contributed by atoms with E-state index in [4.69, 9.17) is 10.2 Å². The molecule has 4 amide bonds. The maximum Gasteiger partial charge on any atom is 0.274 e. The first-order valence-electron chi connectivity index (χ1n) is 19.1. The number of aliphatic imine (C=N–C) groups is 1. The number of carbonyl (C=O) groups is 4. The van der Waals surface area contributed by atoms with Crippen molar-refractivity contribution in [2.24, 2.45) is 10.9 Å². The maximum absolute atomic E-state index is 14.1. The molecule has 10 heteroatoms. The molecule has 10 nitrogen and oxygen atoms in total. The Bertz CT molecular complexity index is 1960. The third-order valence-electron chi connectivity index (χ3n) is 10.4. The van der Waals surface area contributed by atoms with Gasteiger partial charge in [-0.3, -0.25) is 29.4 Å². The highest BCUT2D eigenvalue weighted by Gasteiger charge is 2.37. The number of hydrogen-bond donors (Lipinski definition) is 4. The molecule has 0 bridgehead atoms. The highest BCUT2D eigenvalue weighted by atomic mass is 16.5. The lowest BCUT2D eigenvalue weighted by atomic mass is 9.65. The van der Waals surface area contributed by atoms with Gasteiger partial charge >= 0.3 is 0 Å². The van der Waals surface area contributed by atoms with Gasteiger partial charge in [0.15, 0.2) is 0 Å². The summed E-state index contributed by atoms with van der Waals surface area (Å²) in [7, 11) is 1.80. The lowest BCUT2D eigenvalue weighted by Crippen LogP contribution is -2.33. The average molecular weight is 732 g/mol. The van der Waals surface area contributed by atoms with Crippen molar-refractivity contribution >= 4 is 29.3 Å². The Morgan fingerprint density at radius 3 is 2.30 bits per heavy atom. The minimum atomic E-state index is -0.654. The van der Waals surface area contributed by atoms with E-state index in [1.807, 2.05) is 18.2 Å². The van der Waals surface area contributed by atoms with Gasteiger partial charge < -0.3 is 15.5 Å². The van der Waals surface area contributed by atoms with Crippen LogP contribution in [0, 0.1) is 12.8 Å². The fourth-order valence-corrected chi connectivity index (χ4v) is 7.54. The van der Waals surface area contributed by atoms with Crippen LogP contribution in [0.4, 0.5) is 0 Å². The Morgan fingerprint density at radius 2 is 1.59 bits per heavy atom. The fraction of sp³-hybridized carbons (Fsp3) is 0.386. The molecule has 284 valence electrons. The van der Waals surface area contributed by atoms with E-state index in [0.717, 1.165) is 37.1 Å². The van der Waals surface area contributed by atoms with Crippen LogP contribution in [-0.2, 0) is 17.6 Å². The van der Waals surface area contributed by atoms with Crippen molar-refractivity contribution in [3.8, 4) is 0 Å². The van der Waals surface area contributed by atoms with Gasteiger partial charge in [-0.2, -0.15) is 0 Å². The first-order valence-corrected chi connectivity index (χ1v) is 19.1. The molecular weight excluding hydrogens is 679 g/mol. The second-order valence-corrected chi connectivity index (χ2v) is 14.2. The molecule has 0 radical (unpaired) electrons. The monoisotopic (exact) mass is 731 g/mol. The smallest absolute Gasteiger partial charge is 0.274 e. The zero-order chi connectivity index (χ0) is 38.8. The summed E-state index contributed by atoms with van der Waals surface area (Å²) in [6.07, 6.45) is 8.96. The lowest BCUT2D eigenvalue weighted by molar-refractivity contribution is -0.121. The molecule has 0 saturated carbocycles. The molecule has 3 aromatic carbocycles. The maximum atomic E-state index is 14.1. The van der Waals surface area contributed by atoms with Gasteiger partial charge in [0, 0.05) is 68.2 Å². The quantitative estimate of drug-likeness (QED) is 0.0803. The van der Waals surface area contributed by atoms with E-state index in [-0.39, 0.29) is 41.5 Å². The Hall–Kier alpha value is -5.35. The molecule has 5 rings (SSSR count). The number of allylic oxidation sites excluding steroid dienone is 4. The van der Waals surface area contributed by atoms with Crippen LogP contribution < -0.4 is 16.1 Å². The summed E-state index contributed by atoms with van der Waals surface area (Å²) < 4.78 is 0. The van der Waals surface area contributed by atoms with E-state index in [9.17, 15) is 19.2 Å². The van der Waals surface area contributed by atoms with Gasteiger partial charge in [-0.05, 0) is 116 Å². The number of nitrogens with one attached hydrogen (secondary N) is 3. The fourth-order valence-electron chi connectivity index (χ4n) is 7.54. The first-order chi connectivity index (χ1) is 26.1. The molecule has 0 fully saturated rings. The molecule has 0 aliphatic heterocycles. The van der Waals surface area contributed by atoms with Gasteiger partial charge in [0.25, 0.3) is 17.7 Å². The standard InChI is InChI=1S/C44H53N5O5/c1-6-12-32-25-33-26-34-27-39(45-7-2)29(4)24-38(34)41(37(33)23-28(32)3)35-13-8-9-14-36(35)44(53)49(5)22-10-15-40(50)46-20-11-21-47-42(51)30-16-18-31(19-17-30)43(52)48-54/h8-9,13-14,16-19,23-25,27,38,41,54H,6-7,10-12,15,20-22,26H2,1-5H3,(H,46,50)(H,47,51)(H,48,52). The number of hydrogen-bond acceptors (Lipinski definition) is 6. The third-order valence-corrected chi connectivity index (χ3v) is 10.4. The molecule has 0 heterocycles. The van der Waals surface area contributed by atoms with Crippen LogP contribution in [0.2, 0.25) is 0 Å². The minimum absolute atomic E-state index is 0.0164.